The Bertz CT molecular complexity index is 631. The van der Waals surface area contributed by atoms with Crippen LogP contribution >= 0.6 is 0 Å². The number of hydrogen-bond donors (Lipinski definition) is 2. The fourth-order valence-electron chi connectivity index (χ4n) is 3.58. The SMILES string of the molecule is CC1CC(C(=O)O)CN(c2c([N+](=O)[O-])ccc3c2CCN3)C1. The first-order chi connectivity index (χ1) is 10.5. The number of aliphatic carboxylic acids is 1. The van der Waals surface area contributed by atoms with Gasteiger partial charge >= 0.3 is 5.97 Å². The van der Waals surface area contributed by atoms with Crippen molar-refractivity contribution >= 4 is 23.0 Å². The smallest absolute Gasteiger partial charge is 0.308 e. The van der Waals surface area contributed by atoms with E-state index >= 15 is 0 Å². The molecule has 118 valence electrons. The molecule has 7 heteroatoms. The van der Waals surface area contributed by atoms with Gasteiger partial charge in [0.25, 0.3) is 5.69 Å². The standard InChI is InChI=1S/C15H19N3O4/c1-9-6-10(15(19)20)8-17(7-9)14-11-4-5-16-12(11)2-3-13(14)18(21)22/h2-3,9-10,16H,4-8H2,1H3,(H,19,20). The molecule has 1 saturated heterocycles. The van der Waals surface area contributed by atoms with Crippen molar-refractivity contribution in [1.82, 2.24) is 0 Å². The van der Waals surface area contributed by atoms with Crippen molar-refractivity contribution in [2.24, 2.45) is 11.8 Å². The number of nitrogens with zero attached hydrogens (tertiary/aromatic N) is 2. The van der Waals surface area contributed by atoms with Crippen molar-refractivity contribution < 1.29 is 14.8 Å². The molecule has 2 unspecified atom stereocenters. The zero-order valence-electron chi connectivity index (χ0n) is 12.4. The van der Waals surface area contributed by atoms with Crippen molar-refractivity contribution in [2.75, 3.05) is 29.9 Å². The number of benzene rings is 1. The molecule has 1 fully saturated rings. The summed E-state index contributed by atoms with van der Waals surface area (Å²) < 4.78 is 0. The second-order valence-corrected chi connectivity index (χ2v) is 6.17. The van der Waals surface area contributed by atoms with Gasteiger partial charge in [0, 0.05) is 37.0 Å². The van der Waals surface area contributed by atoms with Gasteiger partial charge in [-0.15, -0.1) is 0 Å². The topological polar surface area (TPSA) is 95.7 Å². The molecular weight excluding hydrogens is 286 g/mol. The minimum Gasteiger partial charge on any atom is -0.481 e. The highest BCUT2D eigenvalue weighted by molar-refractivity contribution is 5.79. The summed E-state index contributed by atoms with van der Waals surface area (Å²) in [6.07, 6.45) is 1.35. The molecule has 2 heterocycles. The van der Waals surface area contributed by atoms with Crippen molar-refractivity contribution in [3.05, 3.63) is 27.8 Å². The molecule has 0 amide bonds. The molecule has 0 aromatic heterocycles. The molecule has 3 rings (SSSR count). The van der Waals surface area contributed by atoms with Crippen molar-refractivity contribution in [3.63, 3.8) is 0 Å². The van der Waals surface area contributed by atoms with Crippen LogP contribution in [0.2, 0.25) is 0 Å². The number of carboxylic acids is 1. The van der Waals surface area contributed by atoms with Crippen molar-refractivity contribution in [3.8, 4) is 0 Å². The molecule has 0 bridgehead atoms. The second-order valence-electron chi connectivity index (χ2n) is 6.17. The summed E-state index contributed by atoms with van der Waals surface area (Å²) in [4.78, 5) is 24.3. The van der Waals surface area contributed by atoms with Gasteiger partial charge in [-0.2, -0.15) is 0 Å². The van der Waals surface area contributed by atoms with Gasteiger partial charge in [-0.1, -0.05) is 6.92 Å². The number of nitro benzene ring substituents is 1. The summed E-state index contributed by atoms with van der Waals surface area (Å²) in [5.41, 5.74) is 2.53. The Kier molecular flexibility index (Phi) is 3.64. The average molecular weight is 305 g/mol. The van der Waals surface area contributed by atoms with Crippen LogP contribution in [0.15, 0.2) is 12.1 Å². The summed E-state index contributed by atoms with van der Waals surface area (Å²) >= 11 is 0. The Balaban J connectivity index is 2.04. The highest BCUT2D eigenvalue weighted by Crippen LogP contribution is 2.41. The predicted molar refractivity (Wildman–Crippen MR) is 82.4 cm³/mol. The van der Waals surface area contributed by atoms with Gasteiger partial charge in [0.15, 0.2) is 0 Å². The van der Waals surface area contributed by atoms with E-state index in [1.165, 1.54) is 6.07 Å². The third-order valence-electron chi connectivity index (χ3n) is 4.47. The van der Waals surface area contributed by atoms with Gasteiger partial charge in [0.1, 0.15) is 5.69 Å². The fourth-order valence-corrected chi connectivity index (χ4v) is 3.58. The maximum atomic E-state index is 11.4. The number of carboxylic acid groups (broad SMARTS) is 1. The van der Waals surface area contributed by atoms with Crippen LogP contribution in [0, 0.1) is 22.0 Å². The molecule has 0 spiro atoms. The molecule has 2 aliphatic rings. The zero-order chi connectivity index (χ0) is 15.9. The van der Waals surface area contributed by atoms with Gasteiger partial charge in [-0.3, -0.25) is 14.9 Å². The number of piperidine rings is 1. The first-order valence-electron chi connectivity index (χ1n) is 7.49. The van der Waals surface area contributed by atoms with Gasteiger partial charge in [0.2, 0.25) is 0 Å². The van der Waals surface area contributed by atoms with Crippen LogP contribution in [0.1, 0.15) is 18.9 Å². The van der Waals surface area contributed by atoms with Crippen LogP contribution in [0.4, 0.5) is 17.1 Å². The van der Waals surface area contributed by atoms with Gasteiger partial charge in [-0.05, 0) is 24.8 Å². The third-order valence-corrected chi connectivity index (χ3v) is 4.47. The van der Waals surface area contributed by atoms with E-state index in [-0.39, 0.29) is 16.5 Å². The van der Waals surface area contributed by atoms with Crippen LogP contribution in [0.3, 0.4) is 0 Å². The van der Waals surface area contributed by atoms with E-state index in [0.717, 1.165) is 24.2 Å². The van der Waals surface area contributed by atoms with E-state index in [0.29, 0.717) is 25.2 Å². The normalized spacial score (nSPS) is 23.8. The van der Waals surface area contributed by atoms with Crippen molar-refractivity contribution in [1.29, 1.82) is 0 Å². The lowest BCUT2D eigenvalue weighted by Gasteiger charge is -2.36. The molecule has 2 atom stereocenters. The quantitative estimate of drug-likeness (QED) is 0.656. The number of rotatable bonds is 3. The maximum absolute atomic E-state index is 11.4. The lowest BCUT2D eigenvalue weighted by atomic mass is 9.89. The van der Waals surface area contributed by atoms with Crippen LogP contribution in [-0.2, 0) is 11.2 Å². The summed E-state index contributed by atoms with van der Waals surface area (Å²) in [5.74, 6) is -1.11. The molecule has 1 aromatic carbocycles. The summed E-state index contributed by atoms with van der Waals surface area (Å²) in [6, 6.07) is 3.26. The van der Waals surface area contributed by atoms with Gasteiger partial charge in [-0.25, -0.2) is 0 Å². The predicted octanol–water partition coefficient (Wildman–Crippen LogP) is 2.11. The molecule has 1 aromatic rings. The molecule has 7 nitrogen and oxygen atoms in total. The van der Waals surface area contributed by atoms with Crippen LogP contribution in [-0.4, -0.2) is 35.6 Å². The lowest BCUT2D eigenvalue weighted by molar-refractivity contribution is -0.384. The van der Waals surface area contributed by atoms with E-state index in [1.807, 2.05) is 11.8 Å². The Morgan fingerprint density at radius 2 is 2.23 bits per heavy atom. The van der Waals surface area contributed by atoms with Gasteiger partial charge < -0.3 is 15.3 Å². The summed E-state index contributed by atoms with van der Waals surface area (Å²) in [6.45, 7) is 3.74. The Hall–Kier alpha value is -2.31. The molecule has 2 aliphatic heterocycles. The third kappa shape index (κ3) is 2.47. The first kappa shape index (κ1) is 14.6. The van der Waals surface area contributed by atoms with E-state index in [2.05, 4.69) is 5.32 Å². The zero-order valence-corrected chi connectivity index (χ0v) is 12.4. The minimum absolute atomic E-state index is 0.0701. The number of hydrogen-bond acceptors (Lipinski definition) is 5. The number of nitro groups is 1. The van der Waals surface area contributed by atoms with E-state index < -0.39 is 11.9 Å². The second kappa shape index (κ2) is 5.47. The van der Waals surface area contributed by atoms with E-state index in [4.69, 9.17) is 0 Å². The van der Waals surface area contributed by atoms with E-state index in [9.17, 15) is 20.0 Å². The minimum atomic E-state index is -0.829. The van der Waals surface area contributed by atoms with Crippen molar-refractivity contribution in [2.45, 2.75) is 19.8 Å². The number of nitrogens with one attached hydrogen (secondary N) is 1. The summed E-state index contributed by atoms with van der Waals surface area (Å²) in [5, 5.41) is 23.9. The average Bonchev–Trinajstić information content (AvgIpc) is 2.93. The Morgan fingerprint density at radius 3 is 2.91 bits per heavy atom. The highest BCUT2D eigenvalue weighted by Gasteiger charge is 2.35. The number of fused-ring (bicyclic) bond motifs is 1. The lowest BCUT2D eigenvalue weighted by Crippen LogP contribution is -2.43. The first-order valence-corrected chi connectivity index (χ1v) is 7.49. The molecule has 0 aliphatic carbocycles. The molecule has 2 N–H and O–H groups in total. The number of anilines is 2. The largest absolute Gasteiger partial charge is 0.481 e. The van der Waals surface area contributed by atoms with E-state index in [1.54, 1.807) is 6.07 Å². The van der Waals surface area contributed by atoms with Crippen LogP contribution in [0.25, 0.3) is 0 Å². The number of carbonyl (C=O) groups is 1. The van der Waals surface area contributed by atoms with Crippen LogP contribution < -0.4 is 10.2 Å². The Morgan fingerprint density at radius 1 is 1.45 bits per heavy atom. The monoisotopic (exact) mass is 305 g/mol. The van der Waals surface area contributed by atoms with Gasteiger partial charge in [0.05, 0.1) is 10.8 Å². The Labute approximate surface area is 128 Å². The molecule has 22 heavy (non-hydrogen) atoms. The molecule has 0 saturated carbocycles. The highest BCUT2D eigenvalue weighted by atomic mass is 16.6. The molecule has 0 radical (unpaired) electrons. The molecular formula is C15H19N3O4. The van der Waals surface area contributed by atoms with Crippen LogP contribution in [0.5, 0.6) is 0 Å². The summed E-state index contributed by atoms with van der Waals surface area (Å²) in [7, 11) is 0. The maximum Gasteiger partial charge on any atom is 0.308 e. The fraction of sp³-hybridized carbons (Fsp3) is 0.533.